The molecule has 6 nitrogen and oxygen atoms in total. The molecule has 23 heavy (non-hydrogen) atoms. The molecule has 2 aromatic heterocycles. The molecule has 0 unspecified atom stereocenters. The highest BCUT2D eigenvalue weighted by Gasteiger charge is 2.21. The van der Waals surface area contributed by atoms with Crippen molar-refractivity contribution in [2.24, 2.45) is 0 Å². The summed E-state index contributed by atoms with van der Waals surface area (Å²) in [6, 6.07) is 6.90. The van der Waals surface area contributed by atoms with Gasteiger partial charge >= 0.3 is 5.63 Å². The Labute approximate surface area is 135 Å². The van der Waals surface area contributed by atoms with E-state index in [1.807, 2.05) is 11.0 Å². The van der Waals surface area contributed by atoms with Crippen LogP contribution in [-0.4, -0.2) is 42.0 Å². The number of aromatic nitrogens is 1. The van der Waals surface area contributed by atoms with Crippen LogP contribution < -0.4 is 10.5 Å². The monoisotopic (exact) mass is 329 g/mol. The second-order valence-corrected chi connectivity index (χ2v) is 6.55. The predicted molar refractivity (Wildman–Crippen MR) is 90.1 cm³/mol. The molecule has 1 aliphatic rings. The molecule has 0 spiro atoms. The molecule has 1 aliphatic heterocycles. The summed E-state index contributed by atoms with van der Waals surface area (Å²) in [5, 5.41) is 1.86. The zero-order valence-electron chi connectivity index (χ0n) is 12.6. The molecule has 3 aromatic rings. The SMILES string of the molecule is CC(=O)N1CCN(c2nc3ccc4oc(=O)ccc4c3s2)CC1. The van der Waals surface area contributed by atoms with Crippen molar-refractivity contribution < 1.29 is 9.21 Å². The van der Waals surface area contributed by atoms with E-state index in [9.17, 15) is 9.59 Å². The maximum Gasteiger partial charge on any atom is 0.336 e. The fourth-order valence-corrected chi connectivity index (χ4v) is 4.01. The Morgan fingerprint density at radius 3 is 2.70 bits per heavy atom. The van der Waals surface area contributed by atoms with Gasteiger partial charge in [-0.25, -0.2) is 9.78 Å². The Morgan fingerprint density at radius 1 is 1.17 bits per heavy atom. The van der Waals surface area contributed by atoms with E-state index in [1.54, 1.807) is 30.4 Å². The van der Waals surface area contributed by atoms with Crippen LogP contribution in [0.15, 0.2) is 33.5 Å². The number of rotatable bonds is 1. The zero-order valence-corrected chi connectivity index (χ0v) is 13.4. The van der Waals surface area contributed by atoms with Gasteiger partial charge in [-0.1, -0.05) is 11.3 Å². The van der Waals surface area contributed by atoms with Gasteiger partial charge in [-0.2, -0.15) is 0 Å². The lowest BCUT2D eigenvalue weighted by atomic mass is 10.2. The summed E-state index contributed by atoms with van der Waals surface area (Å²) in [7, 11) is 0. The van der Waals surface area contributed by atoms with Gasteiger partial charge in [0.15, 0.2) is 5.13 Å². The Morgan fingerprint density at radius 2 is 1.96 bits per heavy atom. The first-order chi connectivity index (χ1) is 11.1. The van der Waals surface area contributed by atoms with Crippen LogP contribution in [0.1, 0.15) is 6.92 Å². The first-order valence-corrected chi connectivity index (χ1v) is 8.27. The number of piperazine rings is 1. The summed E-state index contributed by atoms with van der Waals surface area (Å²) < 4.78 is 6.25. The maximum atomic E-state index is 11.4. The van der Waals surface area contributed by atoms with Crippen molar-refractivity contribution in [1.82, 2.24) is 9.88 Å². The van der Waals surface area contributed by atoms with Gasteiger partial charge in [0.25, 0.3) is 0 Å². The Kier molecular flexibility index (Phi) is 3.30. The summed E-state index contributed by atoms with van der Waals surface area (Å²) in [4.78, 5) is 31.5. The lowest BCUT2D eigenvalue weighted by Gasteiger charge is -2.33. The quantitative estimate of drug-likeness (QED) is 0.640. The van der Waals surface area contributed by atoms with Crippen LogP contribution in [-0.2, 0) is 4.79 Å². The molecule has 0 radical (unpaired) electrons. The van der Waals surface area contributed by atoms with Crippen LogP contribution in [0.2, 0.25) is 0 Å². The molecule has 118 valence electrons. The van der Waals surface area contributed by atoms with Crippen molar-refractivity contribution in [2.45, 2.75) is 6.92 Å². The summed E-state index contributed by atoms with van der Waals surface area (Å²) in [6.07, 6.45) is 0. The number of nitrogens with zero attached hydrogens (tertiary/aromatic N) is 3. The number of amides is 1. The number of hydrogen-bond acceptors (Lipinski definition) is 6. The van der Waals surface area contributed by atoms with E-state index >= 15 is 0 Å². The van der Waals surface area contributed by atoms with Gasteiger partial charge in [0.1, 0.15) is 5.58 Å². The van der Waals surface area contributed by atoms with Gasteiger partial charge in [-0.05, 0) is 18.2 Å². The molecule has 0 saturated carbocycles. The highest BCUT2D eigenvalue weighted by atomic mass is 32.1. The smallest absolute Gasteiger partial charge is 0.336 e. The standard InChI is InChI=1S/C16H15N3O3S/c1-10(20)18-6-8-19(9-7-18)16-17-12-3-4-13-11(15(12)23-16)2-5-14(21)22-13/h2-5H,6-9H2,1H3. The molecule has 1 aromatic carbocycles. The Balaban J connectivity index is 1.71. The summed E-state index contributed by atoms with van der Waals surface area (Å²) in [5.74, 6) is 0.120. The fraction of sp³-hybridized carbons (Fsp3) is 0.312. The third kappa shape index (κ3) is 2.46. The van der Waals surface area contributed by atoms with Crippen LogP contribution in [0, 0.1) is 0 Å². The van der Waals surface area contributed by atoms with Crippen LogP contribution in [0.5, 0.6) is 0 Å². The molecule has 0 aliphatic carbocycles. The van der Waals surface area contributed by atoms with Crippen LogP contribution in [0.25, 0.3) is 21.2 Å². The van der Waals surface area contributed by atoms with Gasteiger partial charge in [0.2, 0.25) is 5.91 Å². The van der Waals surface area contributed by atoms with Crippen molar-refractivity contribution in [2.75, 3.05) is 31.1 Å². The molecule has 0 N–H and O–H groups in total. The number of hydrogen-bond donors (Lipinski definition) is 0. The van der Waals surface area contributed by atoms with E-state index in [-0.39, 0.29) is 11.5 Å². The number of fused-ring (bicyclic) bond motifs is 3. The molecule has 3 heterocycles. The molecule has 4 rings (SSSR count). The first-order valence-electron chi connectivity index (χ1n) is 7.46. The Bertz CT molecular complexity index is 954. The number of anilines is 1. The largest absolute Gasteiger partial charge is 0.423 e. The van der Waals surface area contributed by atoms with Crippen molar-refractivity contribution in [3.63, 3.8) is 0 Å². The van der Waals surface area contributed by atoms with Crippen molar-refractivity contribution in [1.29, 1.82) is 0 Å². The fourth-order valence-electron chi connectivity index (χ4n) is 2.87. The molecular weight excluding hydrogens is 314 g/mol. The van der Waals surface area contributed by atoms with Gasteiger partial charge in [-0.15, -0.1) is 0 Å². The van der Waals surface area contributed by atoms with E-state index in [1.165, 1.54) is 6.07 Å². The van der Waals surface area contributed by atoms with Crippen molar-refractivity contribution in [3.05, 3.63) is 34.7 Å². The highest BCUT2D eigenvalue weighted by molar-refractivity contribution is 7.23. The second-order valence-electron chi connectivity index (χ2n) is 5.57. The lowest BCUT2D eigenvalue weighted by molar-refractivity contribution is -0.129. The number of thiazole rings is 1. The summed E-state index contributed by atoms with van der Waals surface area (Å²) >= 11 is 1.60. The molecule has 1 saturated heterocycles. The van der Waals surface area contributed by atoms with E-state index < -0.39 is 0 Å². The van der Waals surface area contributed by atoms with Crippen LogP contribution in [0.4, 0.5) is 5.13 Å². The van der Waals surface area contributed by atoms with Crippen LogP contribution >= 0.6 is 11.3 Å². The first kappa shape index (κ1) is 14.2. The summed E-state index contributed by atoms with van der Waals surface area (Å²) in [5.41, 5.74) is 1.14. The molecule has 1 fully saturated rings. The normalized spacial score (nSPS) is 15.5. The predicted octanol–water partition coefficient (Wildman–Crippen LogP) is 2.07. The van der Waals surface area contributed by atoms with E-state index in [2.05, 4.69) is 4.90 Å². The minimum absolute atomic E-state index is 0.120. The third-order valence-electron chi connectivity index (χ3n) is 4.14. The van der Waals surface area contributed by atoms with E-state index in [4.69, 9.17) is 9.40 Å². The van der Waals surface area contributed by atoms with Crippen LogP contribution in [0.3, 0.4) is 0 Å². The molecule has 7 heteroatoms. The number of benzene rings is 1. The van der Waals surface area contributed by atoms with E-state index in [0.29, 0.717) is 5.58 Å². The minimum atomic E-state index is -0.345. The van der Waals surface area contributed by atoms with E-state index in [0.717, 1.165) is 46.9 Å². The van der Waals surface area contributed by atoms with Gasteiger partial charge in [0, 0.05) is 44.6 Å². The molecule has 0 atom stereocenters. The average Bonchev–Trinajstić information content (AvgIpc) is 2.99. The minimum Gasteiger partial charge on any atom is -0.423 e. The maximum absolute atomic E-state index is 11.4. The van der Waals surface area contributed by atoms with Crippen molar-refractivity contribution >= 4 is 43.6 Å². The topological polar surface area (TPSA) is 66.7 Å². The highest BCUT2D eigenvalue weighted by Crippen LogP contribution is 2.34. The molecular formula is C16H15N3O3S. The van der Waals surface area contributed by atoms with Crippen molar-refractivity contribution in [3.8, 4) is 0 Å². The number of carbonyl (C=O) groups excluding carboxylic acids is 1. The van der Waals surface area contributed by atoms with Gasteiger partial charge < -0.3 is 14.2 Å². The van der Waals surface area contributed by atoms with Gasteiger partial charge in [0.05, 0.1) is 10.2 Å². The summed E-state index contributed by atoms with van der Waals surface area (Å²) in [6.45, 7) is 4.62. The second kappa shape index (κ2) is 5.34. The number of carbonyl (C=O) groups is 1. The zero-order chi connectivity index (χ0) is 16.0. The molecule has 1 amide bonds. The average molecular weight is 329 g/mol. The molecule has 0 bridgehead atoms. The Hall–Kier alpha value is -2.41. The van der Waals surface area contributed by atoms with Gasteiger partial charge in [-0.3, -0.25) is 4.79 Å². The third-order valence-corrected chi connectivity index (χ3v) is 5.30. The lowest BCUT2D eigenvalue weighted by Crippen LogP contribution is -2.48.